The molecule has 9 atom stereocenters. The maximum Gasteiger partial charge on any atom is 0.118 e. The van der Waals surface area contributed by atoms with Gasteiger partial charge in [-0.1, -0.05) is 82.6 Å². The first kappa shape index (κ1) is 31.4. The van der Waals surface area contributed by atoms with Gasteiger partial charge in [-0.2, -0.15) is 0 Å². The highest BCUT2D eigenvalue weighted by atomic mass is 31.1. The molecular formula is C41H53NO2P2. The molecule has 5 fully saturated rings. The van der Waals surface area contributed by atoms with Crippen molar-refractivity contribution in [2.75, 3.05) is 14.2 Å². The van der Waals surface area contributed by atoms with Crippen LogP contribution >= 0.6 is 15.8 Å². The first-order valence-electron chi connectivity index (χ1n) is 18.2. The zero-order chi connectivity index (χ0) is 31.4. The summed E-state index contributed by atoms with van der Waals surface area (Å²) in [6.45, 7) is 2.64. The average molecular weight is 654 g/mol. The fraction of sp³-hybridized carbons (Fsp3) is 0.561. The normalized spacial score (nSPS) is 34.3. The molecule has 3 nitrogen and oxygen atoms in total. The Balaban J connectivity index is 1.19. The van der Waals surface area contributed by atoms with Crippen LogP contribution in [0.25, 0.3) is 0 Å². The molecule has 0 heterocycles. The van der Waals surface area contributed by atoms with E-state index in [2.05, 4.69) is 79.7 Å². The lowest BCUT2D eigenvalue weighted by molar-refractivity contribution is 0.276. The third kappa shape index (κ3) is 5.46. The minimum Gasteiger partial charge on any atom is -0.497 e. The number of hydrogen-bond donors (Lipinski definition) is 1. The van der Waals surface area contributed by atoms with Crippen LogP contribution in [0, 0.1) is 29.1 Å². The van der Waals surface area contributed by atoms with Crippen LogP contribution in [0.4, 0.5) is 0 Å². The monoisotopic (exact) mass is 653 g/mol. The fourth-order valence-corrected chi connectivity index (χ4v) is 18.5. The van der Waals surface area contributed by atoms with E-state index in [4.69, 9.17) is 15.2 Å². The van der Waals surface area contributed by atoms with Crippen LogP contribution in [0.1, 0.15) is 89.0 Å². The van der Waals surface area contributed by atoms with E-state index in [1.54, 1.807) is 19.8 Å². The van der Waals surface area contributed by atoms with Gasteiger partial charge in [0.25, 0.3) is 0 Å². The van der Waals surface area contributed by atoms with Crippen LogP contribution in [-0.2, 0) is 0 Å². The molecule has 244 valence electrons. The summed E-state index contributed by atoms with van der Waals surface area (Å²) < 4.78 is 11.1. The molecule has 0 aliphatic heterocycles. The Labute approximate surface area is 279 Å². The van der Waals surface area contributed by atoms with Gasteiger partial charge in [0.2, 0.25) is 0 Å². The zero-order valence-corrected chi connectivity index (χ0v) is 29.9. The second-order valence-electron chi connectivity index (χ2n) is 15.6. The molecule has 5 saturated carbocycles. The van der Waals surface area contributed by atoms with E-state index >= 15 is 0 Å². The third-order valence-electron chi connectivity index (χ3n) is 13.4. The molecule has 8 unspecified atom stereocenters. The first-order valence-corrected chi connectivity index (χ1v) is 21.1. The van der Waals surface area contributed by atoms with E-state index in [9.17, 15) is 0 Å². The molecule has 0 amide bonds. The van der Waals surface area contributed by atoms with E-state index in [0.717, 1.165) is 46.5 Å². The van der Waals surface area contributed by atoms with E-state index in [1.807, 2.05) is 0 Å². The lowest BCUT2D eigenvalue weighted by Crippen LogP contribution is -2.46. The number of fused-ring (bicyclic) bond motifs is 4. The predicted octanol–water partition coefficient (Wildman–Crippen LogP) is 8.88. The Morgan fingerprint density at radius 2 is 1.24 bits per heavy atom. The summed E-state index contributed by atoms with van der Waals surface area (Å²) in [5.74, 6) is 6.58. The SMILES string of the molecule is COc1ccc(P(c2ccc(OC)cc2)c2ccccc2C2CCCC2(C)[C@@H](N)P(C2CC3CCC2C3)C2CC3CCC2C3)cc1. The van der Waals surface area contributed by atoms with Crippen LogP contribution in [0.5, 0.6) is 11.5 Å². The maximum absolute atomic E-state index is 7.93. The van der Waals surface area contributed by atoms with E-state index < -0.39 is 7.92 Å². The quantitative estimate of drug-likeness (QED) is 0.222. The number of hydrogen-bond acceptors (Lipinski definition) is 3. The third-order valence-corrected chi connectivity index (χ3v) is 19.9. The Hall–Kier alpha value is -1.92. The molecule has 0 radical (unpaired) electrons. The smallest absolute Gasteiger partial charge is 0.118 e. The van der Waals surface area contributed by atoms with Crippen molar-refractivity contribution >= 4 is 31.8 Å². The summed E-state index contributed by atoms with van der Waals surface area (Å²) in [4.78, 5) is 0. The van der Waals surface area contributed by atoms with Crippen LogP contribution in [0.3, 0.4) is 0 Å². The molecule has 3 aromatic carbocycles. The highest BCUT2D eigenvalue weighted by Crippen LogP contribution is 2.72. The van der Waals surface area contributed by atoms with Gasteiger partial charge < -0.3 is 15.2 Å². The lowest BCUT2D eigenvalue weighted by atomic mass is 9.75. The summed E-state index contributed by atoms with van der Waals surface area (Å²) in [5, 5.41) is 4.23. The molecule has 8 rings (SSSR count). The number of benzene rings is 3. The summed E-state index contributed by atoms with van der Waals surface area (Å²) >= 11 is 0. The Morgan fingerprint density at radius 3 is 1.72 bits per heavy atom. The Kier molecular flexibility index (Phi) is 8.75. The zero-order valence-electron chi connectivity index (χ0n) is 28.1. The summed E-state index contributed by atoms with van der Waals surface area (Å²) in [6.07, 6.45) is 15.8. The standard InChI is InChI=1S/C41H53NO2P2/c1-41(40(42)46(38-25-27-10-12-29(38)23-27)39-26-28-11-13-30(39)24-28)22-6-8-36(41)35-7-4-5-9-37(35)45(33-18-14-31(43-2)15-19-33)34-20-16-32(44-3)17-21-34/h4-5,7,9,14-21,27-30,36,38-40H,6,8,10-13,22-26,42H2,1-3H3/t27?,28?,29?,30?,36?,38?,39?,40-,41?,46?/m0/s1. The highest BCUT2D eigenvalue weighted by Gasteiger charge is 2.56. The van der Waals surface area contributed by atoms with Gasteiger partial charge in [0.05, 0.1) is 14.2 Å². The van der Waals surface area contributed by atoms with Crippen LogP contribution in [0.15, 0.2) is 72.8 Å². The summed E-state index contributed by atoms with van der Waals surface area (Å²) in [5.41, 5.74) is 11.5. The fourth-order valence-electron chi connectivity index (χ4n) is 11.1. The largest absolute Gasteiger partial charge is 0.497 e. The number of rotatable bonds is 10. The van der Waals surface area contributed by atoms with Crippen molar-refractivity contribution in [1.82, 2.24) is 0 Å². The maximum atomic E-state index is 7.93. The second kappa shape index (κ2) is 12.8. The van der Waals surface area contributed by atoms with E-state index in [1.165, 1.54) is 86.5 Å². The average Bonchev–Trinajstić information content (AvgIpc) is 3.95. The van der Waals surface area contributed by atoms with Gasteiger partial charge in [-0.25, -0.2) is 0 Å². The minimum absolute atomic E-state index is 0.145. The van der Waals surface area contributed by atoms with E-state index in [-0.39, 0.29) is 13.3 Å². The van der Waals surface area contributed by atoms with Gasteiger partial charge in [-0.15, -0.1) is 0 Å². The topological polar surface area (TPSA) is 44.5 Å². The van der Waals surface area contributed by atoms with Gasteiger partial charge in [0, 0.05) is 5.78 Å². The van der Waals surface area contributed by atoms with Crippen molar-refractivity contribution in [2.24, 2.45) is 34.8 Å². The number of methoxy groups -OCH3 is 2. The molecule has 2 N–H and O–H groups in total. The van der Waals surface area contributed by atoms with Crippen molar-refractivity contribution in [3.05, 3.63) is 78.4 Å². The molecule has 5 aliphatic rings. The molecule has 5 aliphatic carbocycles. The molecule has 5 heteroatoms. The van der Waals surface area contributed by atoms with Crippen LogP contribution in [0.2, 0.25) is 0 Å². The summed E-state index contributed by atoms with van der Waals surface area (Å²) in [6, 6.07) is 27.2. The number of ether oxygens (including phenoxy) is 2. The molecular weight excluding hydrogens is 600 g/mol. The molecule has 4 bridgehead atoms. The van der Waals surface area contributed by atoms with Crippen molar-refractivity contribution in [2.45, 2.75) is 101 Å². The minimum atomic E-state index is -0.766. The van der Waals surface area contributed by atoms with Gasteiger partial charge in [0.1, 0.15) is 11.5 Å². The number of nitrogens with two attached hydrogens (primary N) is 1. The van der Waals surface area contributed by atoms with Crippen molar-refractivity contribution < 1.29 is 9.47 Å². The van der Waals surface area contributed by atoms with Crippen molar-refractivity contribution in [1.29, 1.82) is 0 Å². The van der Waals surface area contributed by atoms with Gasteiger partial charge in [-0.05, 0) is 151 Å². The van der Waals surface area contributed by atoms with E-state index in [0.29, 0.717) is 11.7 Å². The van der Waals surface area contributed by atoms with Gasteiger partial charge >= 0.3 is 0 Å². The molecule has 0 spiro atoms. The Morgan fingerprint density at radius 1 is 0.696 bits per heavy atom. The second-order valence-corrected chi connectivity index (χ2v) is 20.6. The summed E-state index contributed by atoms with van der Waals surface area (Å²) in [7, 11) is 2.54. The highest BCUT2D eigenvalue weighted by molar-refractivity contribution is 7.79. The predicted molar refractivity (Wildman–Crippen MR) is 196 cm³/mol. The Bertz CT molecular complexity index is 1430. The van der Waals surface area contributed by atoms with Crippen LogP contribution in [-0.4, -0.2) is 31.3 Å². The van der Waals surface area contributed by atoms with Crippen molar-refractivity contribution in [3.63, 3.8) is 0 Å². The molecule has 3 aromatic rings. The van der Waals surface area contributed by atoms with Crippen molar-refractivity contribution in [3.8, 4) is 11.5 Å². The van der Waals surface area contributed by atoms with Gasteiger partial charge in [-0.3, -0.25) is 0 Å². The van der Waals surface area contributed by atoms with Crippen LogP contribution < -0.4 is 31.1 Å². The van der Waals surface area contributed by atoms with Gasteiger partial charge in [0.15, 0.2) is 0 Å². The lowest BCUT2D eigenvalue weighted by Gasteiger charge is -2.49. The molecule has 0 saturated heterocycles. The molecule has 46 heavy (non-hydrogen) atoms. The first-order chi connectivity index (χ1) is 22.5. The molecule has 0 aromatic heterocycles.